The molecule has 5 heteroatoms. The molecule has 0 bridgehead atoms. The van der Waals surface area contributed by atoms with E-state index in [0.717, 1.165) is 31.5 Å². The van der Waals surface area contributed by atoms with Crippen LogP contribution < -0.4 is 16.4 Å². The summed E-state index contributed by atoms with van der Waals surface area (Å²) >= 11 is 0. The first-order chi connectivity index (χ1) is 9.56. The summed E-state index contributed by atoms with van der Waals surface area (Å²) in [4.78, 5) is 23.0. The van der Waals surface area contributed by atoms with Crippen molar-refractivity contribution in [2.45, 2.75) is 26.2 Å². The fourth-order valence-electron chi connectivity index (χ4n) is 2.54. The largest absolute Gasteiger partial charge is 0.366 e. The first-order valence-electron chi connectivity index (χ1n) is 6.97. The average molecular weight is 275 g/mol. The first kappa shape index (κ1) is 14.5. The monoisotopic (exact) mass is 275 g/mol. The summed E-state index contributed by atoms with van der Waals surface area (Å²) in [6.45, 7) is 3.87. The molecule has 1 saturated heterocycles. The van der Waals surface area contributed by atoms with Crippen molar-refractivity contribution in [1.82, 2.24) is 5.32 Å². The van der Waals surface area contributed by atoms with Crippen molar-refractivity contribution in [2.24, 2.45) is 11.7 Å². The van der Waals surface area contributed by atoms with Crippen molar-refractivity contribution in [3.8, 4) is 0 Å². The molecule has 0 saturated carbocycles. The van der Waals surface area contributed by atoms with Crippen LogP contribution in [0.3, 0.4) is 0 Å². The Morgan fingerprint density at radius 3 is 2.85 bits per heavy atom. The molecular formula is C15H21N3O2. The summed E-state index contributed by atoms with van der Waals surface area (Å²) in [5.74, 6) is 0.178. The van der Waals surface area contributed by atoms with Crippen LogP contribution in [0.15, 0.2) is 18.2 Å². The van der Waals surface area contributed by atoms with Crippen molar-refractivity contribution < 1.29 is 9.59 Å². The zero-order valence-electron chi connectivity index (χ0n) is 11.7. The smallest absolute Gasteiger partial charge is 0.248 e. The Balaban J connectivity index is 1.87. The standard InChI is InChI=1S/C15H21N3O2/c1-10-8-12(3-4-13(10)15(16)20)18-14(19)5-2-11-6-7-17-9-11/h3-4,8,11,17H,2,5-7,9H2,1H3,(H2,16,20)(H,18,19). The lowest BCUT2D eigenvalue weighted by atomic mass is 10.0. The highest BCUT2D eigenvalue weighted by Crippen LogP contribution is 2.17. The topological polar surface area (TPSA) is 84.2 Å². The SMILES string of the molecule is Cc1cc(NC(=O)CCC2CCNC2)ccc1C(N)=O. The Morgan fingerprint density at radius 1 is 1.45 bits per heavy atom. The number of anilines is 1. The lowest BCUT2D eigenvalue weighted by molar-refractivity contribution is -0.116. The van der Waals surface area contributed by atoms with E-state index in [1.165, 1.54) is 0 Å². The molecule has 1 aromatic carbocycles. The molecule has 0 aromatic heterocycles. The number of aryl methyl sites for hydroxylation is 1. The highest BCUT2D eigenvalue weighted by Gasteiger charge is 2.15. The summed E-state index contributed by atoms with van der Waals surface area (Å²) < 4.78 is 0. The van der Waals surface area contributed by atoms with Crippen LogP contribution >= 0.6 is 0 Å². The number of nitrogens with two attached hydrogens (primary N) is 1. The number of rotatable bonds is 5. The van der Waals surface area contributed by atoms with Gasteiger partial charge < -0.3 is 16.4 Å². The predicted octanol–water partition coefficient (Wildman–Crippen LogP) is 1.42. The van der Waals surface area contributed by atoms with Crippen molar-refractivity contribution >= 4 is 17.5 Å². The van der Waals surface area contributed by atoms with Crippen molar-refractivity contribution in [3.05, 3.63) is 29.3 Å². The molecule has 108 valence electrons. The van der Waals surface area contributed by atoms with Gasteiger partial charge in [0.1, 0.15) is 0 Å². The molecule has 0 spiro atoms. The van der Waals surface area contributed by atoms with Crippen molar-refractivity contribution in [3.63, 3.8) is 0 Å². The van der Waals surface area contributed by atoms with Crippen molar-refractivity contribution in [2.75, 3.05) is 18.4 Å². The predicted molar refractivity (Wildman–Crippen MR) is 78.5 cm³/mol. The maximum Gasteiger partial charge on any atom is 0.248 e. The van der Waals surface area contributed by atoms with Gasteiger partial charge in [-0.15, -0.1) is 0 Å². The summed E-state index contributed by atoms with van der Waals surface area (Å²) in [5.41, 5.74) is 7.22. The van der Waals surface area contributed by atoms with Crippen LogP contribution in [0, 0.1) is 12.8 Å². The lowest BCUT2D eigenvalue weighted by Gasteiger charge is -2.10. The summed E-state index contributed by atoms with van der Waals surface area (Å²) in [6, 6.07) is 5.13. The second-order valence-corrected chi connectivity index (χ2v) is 5.34. The molecule has 1 aliphatic rings. The Hall–Kier alpha value is -1.88. The van der Waals surface area contributed by atoms with E-state index >= 15 is 0 Å². The van der Waals surface area contributed by atoms with Gasteiger partial charge in [-0.05, 0) is 62.5 Å². The second kappa shape index (κ2) is 6.52. The third-order valence-electron chi connectivity index (χ3n) is 3.72. The fraction of sp³-hybridized carbons (Fsp3) is 0.467. The Labute approximate surface area is 118 Å². The molecule has 1 aliphatic heterocycles. The highest BCUT2D eigenvalue weighted by atomic mass is 16.2. The number of nitrogens with one attached hydrogen (secondary N) is 2. The van der Waals surface area contributed by atoms with E-state index in [0.29, 0.717) is 23.6 Å². The average Bonchev–Trinajstić information content (AvgIpc) is 2.89. The number of carbonyl (C=O) groups is 2. The van der Waals surface area contributed by atoms with E-state index in [4.69, 9.17) is 5.73 Å². The number of amides is 2. The van der Waals surface area contributed by atoms with E-state index < -0.39 is 5.91 Å². The van der Waals surface area contributed by atoms with Crippen LogP contribution in [-0.4, -0.2) is 24.9 Å². The maximum absolute atomic E-state index is 11.9. The summed E-state index contributed by atoms with van der Waals surface area (Å²) in [7, 11) is 0. The minimum absolute atomic E-state index is 0.0168. The molecule has 1 aromatic rings. The zero-order valence-corrected chi connectivity index (χ0v) is 11.7. The van der Waals surface area contributed by atoms with E-state index in [1.807, 2.05) is 0 Å². The van der Waals surface area contributed by atoms with Crippen LogP contribution in [0.5, 0.6) is 0 Å². The third kappa shape index (κ3) is 3.81. The van der Waals surface area contributed by atoms with E-state index in [2.05, 4.69) is 10.6 Å². The van der Waals surface area contributed by atoms with Gasteiger partial charge in [0.2, 0.25) is 11.8 Å². The molecule has 2 amide bonds. The minimum atomic E-state index is -0.450. The van der Waals surface area contributed by atoms with E-state index in [1.54, 1.807) is 25.1 Å². The van der Waals surface area contributed by atoms with Gasteiger partial charge in [-0.2, -0.15) is 0 Å². The normalized spacial score (nSPS) is 17.9. The molecule has 0 aliphatic carbocycles. The molecular weight excluding hydrogens is 254 g/mol. The van der Waals surface area contributed by atoms with E-state index in [9.17, 15) is 9.59 Å². The van der Waals surface area contributed by atoms with Crippen molar-refractivity contribution in [1.29, 1.82) is 0 Å². The van der Waals surface area contributed by atoms with Crippen LogP contribution in [-0.2, 0) is 4.79 Å². The molecule has 1 unspecified atom stereocenters. The minimum Gasteiger partial charge on any atom is -0.366 e. The maximum atomic E-state index is 11.9. The third-order valence-corrected chi connectivity index (χ3v) is 3.72. The molecule has 0 radical (unpaired) electrons. The van der Waals surface area contributed by atoms with Gasteiger partial charge in [0, 0.05) is 17.7 Å². The quantitative estimate of drug-likeness (QED) is 0.760. The lowest BCUT2D eigenvalue weighted by Crippen LogP contribution is -2.16. The van der Waals surface area contributed by atoms with E-state index in [-0.39, 0.29) is 5.91 Å². The number of hydrogen-bond acceptors (Lipinski definition) is 3. The summed E-state index contributed by atoms with van der Waals surface area (Å²) in [6.07, 6.45) is 2.60. The molecule has 1 fully saturated rings. The number of primary amides is 1. The van der Waals surface area contributed by atoms with Crippen LogP contribution in [0.4, 0.5) is 5.69 Å². The molecule has 2 rings (SSSR count). The van der Waals surface area contributed by atoms with Crippen LogP contribution in [0.2, 0.25) is 0 Å². The van der Waals surface area contributed by atoms with Gasteiger partial charge in [-0.3, -0.25) is 9.59 Å². The van der Waals surface area contributed by atoms with Gasteiger partial charge in [-0.25, -0.2) is 0 Å². The Bertz CT molecular complexity index is 508. The molecule has 20 heavy (non-hydrogen) atoms. The van der Waals surface area contributed by atoms with Gasteiger partial charge >= 0.3 is 0 Å². The summed E-state index contributed by atoms with van der Waals surface area (Å²) in [5, 5.41) is 6.16. The number of benzene rings is 1. The van der Waals surface area contributed by atoms with Gasteiger partial charge in [0.15, 0.2) is 0 Å². The van der Waals surface area contributed by atoms with Crippen LogP contribution in [0.1, 0.15) is 35.2 Å². The Kier molecular flexibility index (Phi) is 4.74. The zero-order chi connectivity index (χ0) is 14.5. The van der Waals surface area contributed by atoms with Gasteiger partial charge in [0.25, 0.3) is 0 Å². The first-order valence-corrected chi connectivity index (χ1v) is 6.97. The number of hydrogen-bond donors (Lipinski definition) is 3. The molecule has 1 atom stereocenters. The molecule has 4 N–H and O–H groups in total. The second-order valence-electron chi connectivity index (χ2n) is 5.34. The Morgan fingerprint density at radius 2 is 2.25 bits per heavy atom. The highest BCUT2D eigenvalue weighted by molar-refractivity contribution is 5.96. The number of carbonyl (C=O) groups excluding carboxylic acids is 2. The van der Waals surface area contributed by atoms with Gasteiger partial charge in [0.05, 0.1) is 0 Å². The van der Waals surface area contributed by atoms with Gasteiger partial charge in [-0.1, -0.05) is 0 Å². The fourth-order valence-corrected chi connectivity index (χ4v) is 2.54. The molecule has 5 nitrogen and oxygen atoms in total. The molecule has 1 heterocycles. The van der Waals surface area contributed by atoms with Crippen LogP contribution in [0.25, 0.3) is 0 Å².